The molecule has 59 heavy (non-hydrogen) atoms. The minimum Gasteiger partial charge on any atom is -0.387 e. The zero-order chi connectivity index (χ0) is 43.3. The van der Waals surface area contributed by atoms with Gasteiger partial charge in [0.1, 0.15) is 6.10 Å². The van der Waals surface area contributed by atoms with Gasteiger partial charge in [0.2, 0.25) is 5.91 Å². The largest absolute Gasteiger partial charge is 0.387 e. The number of aliphatic hydroxyl groups excluding tert-OH is 2. The van der Waals surface area contributed by atoms with E-state index in [2.05, 4.69) is 43.5 Å². The maximum atomic E-state index is 12.7. The number of hydrogen-bond donors (Lipinski definition) is 4. The molecule has 1 amide bonds. The Morgan fingerprint density at radius 3 is 1.12 bits per heavy atom. The SMILES string of the molecule is CCCCCCCCCCCCCC/C=C\CCCCCCCCC(O)C(=O)NC(CS(=O)(=O)O)C(O)/C=C/CC/C=C/CCCCCCCCCCCCCCCC. The lowest BCUT2D eigenvalue weighted by atomic mass is 10.0. The van der Waals surface area contributed by atoms with Crippen molar-refractivity contribution in [3.8, 4) is 0 Å². The van der Waals surface area contributed by atoms with E-state index in [4.69, 9.17) is 0 Å². The molecule has 7 nitrogen and oxygen atoms in total. The second-order valence-electron chi connectivity index (χ2n) is 17.6. The van der Waals surface area contributed by atoms with E-state index in [0.717, 1.165) is 38.5 Å². The summed E-state index contributed by atoms with van der Waals surface area (Å²) in [5.41, 5.74) is 0. The van der Waals surface area contributed by atoms with Crippen molar-refractivity contribution in [3.05, 3.63) is 36.5 Å². The van der Waals surface area contributed by atoms with Crippen molar-refractivity contribution in [2.75, 3.05) is 5.75 Å². The highest BCUT2D eigenvalue weighted by Crippen LogP contribution is 2.16. The van der Waals surface area contributed by atoms with Crippen LogP contribution in [0.2, 0.25) is 0 Å². The minimum atomic E-state index is -4.46. The average molecular weight is 852 g/mol. The molecule has 0 aliphatic heterocycles. The third-order valence-electron chi connectivity index (χ3n) is 11.6. The number of allylic oxidation sites excluding steroid dienone is 5. The molecule has 3 unspecified atom stereocenters. The monoisotopic (exact) mass is 852 g/mol. The van der Waals surface area contributed by atoms with E-state index in [0.29, 0.717) is 12.8 Å². The van der Waals surface area contributed by atoms with E-state index in [1.54, 1.807) is 6.08 Å². The molecule has 0 radical (unpaired) electrons. The molecule has 0 bridgehead atoms. The molecule has 0 aromatic heterocycles. The fourth-order valence-electron chi connectivity index (χ4n) is 7.76. The summed E-state index contributed by atoms with van der Waals surface area (Å²) >= 11 is 0. The zero-order valence-electron chi connectivity index (χ0n) is 38.7. The van der Waals surface area contributed by atoms with E-state index in [1.807, 2.05) is 0 Å². The first-order valence-corrected chi connectivity index (χ1v) is 26.9. The number of rotatable bonds is 46. The van der Waals surface area contributed by atoms with Crippen LogP contribution in [0.25, 0.3) is 0 Å². The number of aliphatic hydroxyl groups is 2. The third-order valence-corrected chi connectivity index (χ3v) is 12.4. The summed E-state index contributed by atoms with van der Waals surface area (Å²) in [4.78, 5) is 12.7. The Balaban J connectivity index is 3.95. The molecule has 348 valence electrons. The van der Waals surface area contributed by atoms with E-state index >= 15 is 0 Å². The summed E-state index contributed by atoms with van der Waals surface area (Å²) in [5.74, 6) is -1.56. The lowest BCUT2D eigenvalue weighted by molar-refractivity contribution is -0.130. The van der Waals surface area contributed by atoms with Gasteiger partial charge in [-0.3, -0.25) is 9.35 Å². The van der Waals surface area contributed by atoms with Crippen molar-refractivity contribution in [2.24, 2.45) is 0 Å². The van der Waals surface area contributed by atoms with Gasteiger partial charge in [0.25, 0.3) is 10.1 Å². The van der Waals surface area contributed by atoms with Crippen LogP contribution in [0.1, 0.15) is 258 Å². The summed E-state index contributed by atoms with van der Waals surface area (Å²) in [6.45, 7) is 4.55. The van der Waals surface area contributed by atoms with Gasteiger partial charge in [0.15, 0.2) is 0 Å². The van der Waals surface area contributed by atoms with Crippen molar-refractivity contribution in [2.45, 2.75) is 276 Å². The van der Waals surface area contributed by atoms with Gasteiger partial charge >= 0.3 is 0 Å². The van der Waals surface area contributed by atoms with Crippen LogP contribution in [0.15, 0.2) is 36.5 Å². The summed E-state index contributed by atoms with van der Waals surface area (Å²) in [6, 6.07) is -1.25. The van der Waals surface area contributed by atoms with Crippen LogP contribution < -0.4 is 5.32 Å². The molecule has 0 saturated heterocycles. The summed E-state index contributed by atoms with van der Waals surface area (Å²) in [7, 11) is -4.46. The molecule has 0 aliphatic rings. The van der Waals surface area contributed by atoms with E-state index in [1.165, 1.54) is 192 Å². The van der Waals surface area contributed by atoms with Gasteiger partial charge in [-0.05, 0) is 57.8 Å². The number of hydrogen-bond acceptors (Lipinski definition) is 5. The first-order valence-electron chi connectivity index (χ1n) is 25.3. The zero-order valence-corrected chi connectivity index (χ0v) is 39.6. The molecule has 0 aromatic carbocycles. The molecule has 0 fully saturated rings. The van der Waals surface area contributed by atoms with Crippen LogP contribution in [0, 0.1) is 0 Å². The van der Waals surface area contributed by atoms with Crippen molar-refractivity contribution in [3.63, 3.8) is 0 Å². The predicted molar refractivity (Wildman–Crippen MR) is 255 cm³/mol. The first kappa shape index (κ1) is 57.5. The van der Waals surface area contributed by atoms with Crippen molar-refractivity contribution in [1.82, 2.24) is 5.32 Å². The first-order chi connectivity index (χ1) is 28.7. The number of carbonyl (C=O) groups excluding carboxylic acids is 1. The molecule has 0 saturated carbocycles. The second kappa shape index (κ2) is 44.6. The van der Waals surface area contributed by atoms with E-state index in [-0.39, 0.29) is 6.42 Å². The maximum Gasteiger partial charge on any atom is 0.267 e. The molecule has 3 atom stereocenters. The van der Waals surface area contributed by atoms with Gasteiger partial charge in [-0.1, -0.05) is 237 Å². The second-order valence-corrected chi connectivity index (χ2v) is 19.1. The van der Waals surface area contributed by atoms with E-state index in [9.17, 15) is 28.0 Å². The van der Waals surface area contributed by atoms with Gasteiger partial charge in [0.05, 0.1) is 17.9 Å². The maximum absolute atomic E-state index is 12.7. The molecule has 8 heteroatoms. The van der Waals surface area contributed by atoms with Gasteiger partial charge in [-0.25, -0.2) is 0 Å². The molecular formula is C51H97NO6S. The van der Waals surface area contributed by atoms with Crippen LogP contribution in [0.4, 0.5) is 0 Å². The highest BCUT2D eigenvalue weighted by atomic mass is 32.2. The molecule has 0 aliphatic carbocycles. The summed E-state index contributed by atoms with van der Waals surface area (Å²) in [5, 5.41) is 23.5. The fourth-order valence-corrected chi connectivity index (χ4v) is 8.50. The summed E-state index contributed by atoms with van der Waals surface area (Å²) < 4.78 is 32.7. The number of unbranched alkanes of at least 4 members (excludes halogenated alkanes) is 33. The molecule has 0 spiro atoms. The van der Waals surface area contributed by atoms with Crippen LogP contribution in [-0.4, -0.2) is 53.1 Å². The Hall–Kier alpha value is -1.48. The van der Waals surface area contributed by atoms with Gasteiger partial charge in [-0.2, -0.15) is 8.42 Å². The van der Waals surface area contributed by atoms with Gasteiger partial charge in [-0.15, -0.1) is 0 Å². The van der Waals surface area contributed by atoms with Crippen molar-refractivity contribution in [1.29, 1.82) is 0 Å². The van der Waals surface area contributed by atoms with Crippen LogP contribution in [0.3, 0.4) is 0 Å². The lowest BCUT2D eigenvalue weighted by Gasteiger charge is -2.22. The normalized spacial score (nSPS) is 13.9. The fraction of sp³-hybridized carbons (Fsp3) is 0.863. The number of amides is 1. The van der Waals surface area contributed by atoms with Crippen LogP contribution in [-0.2, 0) is 14.9 Å². The smallest absolute Gasteiger partial charge is 0.267 e. The quantitative estimate of drug-likeness (QED) is 0.0275. The molecule has 0 heterocycles. The lowest BCUT2D eigenvalue weighted by Crippen LogP contribution is -2.50. The number of carbonyl (C=O) groups is 1. The molecule has 0 aromatic rings. The standard InChI is InChI=1S/C51H97NO6S/c1-3-5-7-9-11-13-15-17-19-21-23-25-26-28-30-32-34-36-38-40-42-44-46-50(54)51(55)52-48(47-59(56,57)58)49(53)45-43-41-39-37-35-33-31-29-27-24-22-20-18-16-14-12-10-8-6-4-2/h28,30,35,37,43,45,48-50,53-54H,3-27,29,31-34,36,38-42,44,46-47H2,1-2H3,(H,52,55)(H,56,57,58)/b30-28-,37-35+,45-43+. The molecular weight excluding hydrogens is 755 g/mol. The Labute approximate surface area is 366 Å². The van der Waals surface area contributed by atoms with Gasteiger partial charge in [0, 0.05) is 0 Å². The highest BCUT2D eigenvalue weighted by molar-refractivity contribution is 7.85. The summed E-state index contributed by atoms with van der Waals surface area (Å²) in [6.07, 6.45) is 56.4. The Kier molecular flexibility index (Phi) is 43.5. The minimum absolute atomic E-state index is 0.268. The van der Waals surface area contributed by atoms with Gasteiger partial charge < -0.3 is 15.5 Å². The predicted octanol–water partition coefficient (Wildman–Crippen LogP) is 14.6. The topological polar surface area (TPSA) is 124 Å². The van der Waals surface area contributed by atoms with Crippen molar-refractivity contribution < 1.29 is 28.0 Å². The Morgan fingerprint density at radius 1 is 0.458 bits per heavy atom. The van der Waals surface area contributed by atoms with Crippen LogP contribution >= 0.6 is 0 Å². The Bertz CT molecular complexity index is 1090. The molecule has 4 N–H and O–H groups in total. The van der Waals surface area contributed by atoms with E-state index < -0.39 is 40.0 Å². The van der Waals surface area contributed by atoms with Crippen molar-refractivity contribution >= 4 is 16.0 Å². The van der Waals surface area contributed by atoms with Crippen LogP contribution in [0.5, 0.6) is 0 Å². The average Bonchev–Trinajstić information content (AvgIpc) is 3.21. The Morgan fingerprint density at radius 2 is 0.763 bits per heavy atom. The third kappa shape index (κ3) is 44.4. The highest BCUT2D eigenvalue weighted by Gasteiger charge is 2.27. The number of nitrogens with one attached hydrogen (secondary N) is 1. The molecule has 0 rings (SSSR count).